The smallest absolute Gasteiger partial charge is 0.227 e. The van der Waals surface area contributed by atoms with Crippen LogP contribution < -0.4 is 0 Å². The number of rotatable bonds is 13. The number of hydrogen-bond donors (Lipinski definition) is 0. The van der Waals surface area contributed by atoms with Crippen LogP contribution in [-0.4, -0.2) is 15.0 Å². The van der Waals surface area contributed by atoms with Crippen molar-refractivity contribution in [3.8, 4) is 78.3 Å². The molecule has 12 aromatic rings. The van der Waals surface area contributed by atoms with Gasteiger partial charge in [-0.05, 0) is 141 Å². The number of benzene rings is 8. The largest absolute Gasteiger partial charge is 0.438 e. The Morgan fingerprint density at radius 2 is 0.803 bits per heavy atom. The van der Waals surface area contributed by atoms with E-state index in [-0.39, 0.29) is 0 Å². The maximum Gasteiger partial charge on any atom is 0.227 e. The zero-order valence-electron chi connectivity index (χ0n) is 39.2. The Balaban J connectivity index is 0.924. The van der Waals surface area contributed by atoms with Gasteiger partial charge in [0.15, 0.2) is 0 Å². The topological polar surface area (TPSA) is 51.8 Å². The van der Waals surface area contributed by atoms with Crippen molar-refractivity contribution >= 4 is 22.1 Å². The van der Waals surface area contributed by atoms with Crippen molar-refractivity contribution in [2.75, 3.05) is 0 Å². The molecule has 338 valence electrons. The Hall–Kier alpha value is -8.99. The zero-order valence-corrected chi connectivity index (χ0v) is 39.2. The first-order valence-electron chi connectivity index (χ1n) is 24.5. The number of aromatic nitrogens is 3. The van der Waals surface area contributed by atoms with Crippen LogP contribution in [0.2, 0.25) is 0 Å². The lowest BCUT2D eigenvalue weighted by Gasteiger charge is -2.18. The summed E-state index contributed by atoms with van der Waals surface area (Å²) >= 11 is 0. The minimum atomic E-state index is 0.644. The molecule has 8 aromatic carbocycles. The van der Waals surface area contributed by atoms with Gasteiger partial charge in [-0.1, -0.05) is 188 Å². The lowest BCUT2D eigenvalue weighted by molar-refractivity contribution is 0.654. The summed E-state index contributed by atoms with van der Waals surface area (Å²) in [7, 11) is 0. The van der Waals surface area contributed by atoms with Crippen LogP contribution in [0.3, 0.4) is 0 Å². The van der Waals surface area contributed by atoms with Gasteiger partial charge in [-0.2, -0.15) is 0 Å². The number of furan rings is 1. The Bertz CT molecular complexity index is 3670. The molecule has 71 heavy (non-hydrogen) atoms. The zero-order chi connectivity index (χ0) is 47.3. The first kappa shape index (κ1) is 43.3. The van der Waals surface area contributed by atoms with Crippen molar-refractivity contribution in [3.63, 3.8) is 0 Å². The van der Waals surface area contributed by atoms with Crippen molar-refractivity contribution in [1.29, 1.82) is 0 Å². The predicted molar refractivity (Wildman–Crippen MR) is 293 cm³/mol. The van der Waals surface area contributed by atoms with E-state index in [1.54, 1.807) is 0 Å². The van der Waals surface area contributed by atoms with Gasteiger partial charge >= 0.3 is 0 Å². The Kier molecular flexibility index (Phi) is 11.9. The second kappa shape index (κ2) is 19.6. The van der Waals surface area contributed by atoms with Crippen LogP contribution in [0, 0.1) is 0 Å². The normalized spacial score (nSPS) is 11.3. The summed E-state index contributed by atoms with van der Waals surface area (Å²) in [6.07, 6.45) is 7.40. The van der Waals surface area contributed by atoms with Crippen LogP contribution in [0.4, 0.5) is 0 Å². The van der Waals surface area contributed by atoms with Gasteiger partial charge in [0.05, 0.1) is 17.1 Å². The van der Waals surface area contributed by atoms with E-state index in [1.807, 2.05) is 54.9 Å². The van der Waals surface area contributed by atoms with E-state index >= 15 is 0 Å². The van der Waals surface area contributed by atoms with Crippen molar-refractivity contribution in [2.45, 2.75) is 25.7 Å². The van der Waals surface area contributed by atoms with Crippen LogP contribution >= 0.6 is 0 Å². The number of hydrogen-bond acceptors (Lipinski definition) is 4. The predicted octanol–water partition coefficient (Wildman–Crippen LogP) is 17.0. The van der Waals surface area contributed by atoms with Crippen LogP contribution in [0.25, 0.3) is 100 Å². The standard InChI is InChI=1S/C67H49N3O/c1-2-12-50(13-3-1)51-32-34-52(35-33-51)62-45-55(65-39-38-61-60-16-6-7-19-66(60)71-67(61)70-65)36-37-59(62)58-15-5-4-14-57(58)56-43-48(22-20-46-24-28-53(29-25-46)63-17-8-10-40-68-63)42-49(44-56)23-21-47-26-30-54(31-27-47)64-18-9-11-41-69-64/h1-19,24-45H,20-23H2. The monoisotopic (exact) mass is 911 g/mol. The Morgan fingerprint density at radius 3 is 1.45 bits per heavy atom. The average molecular weight is 912 g/mol. The number of aryl methyl sites for hydroxylation is 4. The number of fused-ring (bicyclic) bond motifs is 3. The summed E-state index contributed by atoms with van der Waals surface area (Å²) in [6, 6.07) is 84.9. The van der Waals surface area contributed by atoms with Crippen LogP contribution in [-0.2, 0) is 25.7 Å². The molecule has 0 bridgehead atoms. The summed E-state index contributed by atoms with van der Waals surface area (Å²) in [5, 5.41) is 2.09. The Labute approximate surface area is 414 Å². The molecule has 0 N–H and O–H groups in total. The lowest BCUT2D eigenvalue weighted by atomic mass is 9.86. The quantitative estimate of drug-likeness (QED) is 0.116. The first-order chi connectivity index (χ1) is 35.1. The maximum atomic E-state index is 6.27. The summed E-state index contributed by atoms with van der Waals surface area (Å²) in [5.74, 6) is 0. The molecule has 0 aliphatic rings. The minimum absolute atomic E-state index is 0.644. The third-order valence-corrected chi connectivity index (χ3v) is 13.7. The van der Waals surface area contributed by atoms with Gasteiger partial charge in [0.2, 0.25) is 5.71 Å². The van der Waals surface area contributed by atoms with Crippen molar-refractivity contribution < 1.29 is 4.42 Å². The minimum Gasteiger partial charge on any atom is -0.438 e. The molecule has 0 unspecified atom stereocenters. The van der Waals surface area contributed by atoms with E-state index in [4.69, 9.17) is 9.40 Å². The molecule has 4 nitrogen and oxygen atoms in total. The van der Waals surface area contributed by atoms with Gasteiger partial charge in [-0.25, -0.2) is 4.98 Å². The molecule has 0 amide bonds. The molecule has 0 radical (unpaired) electrons. The summed E-state index contributed by atoms with van der Waals surface area (Å²) in [5.41, 5.74) is 22.3. The SMILES string of the molecule is c1ccc(-c2ccc(-c3cc(-c4ccc5c(n4)oc4ccccc45)ccc3-c3ccccc3-c3cc(CCc4ccc(-c5ccccn5)cc4)cc(CCc4ccc(-c5ccccn5)cc4)c3)cc2)cc1. The fraction of sp³-hybridized carbons (Fsp3) is 0.0597. The summed E-state index contributed by atoms with van der Waals surface area (Å²) in [4.78, 5) is 14.2. The highest BCUT2D eigenvalue weighted by atomic mass is 16.3. The van der Waals surface area contributed by atoms with E-state index in [0.717, 1.165) is 92.5 Å². The van der Waals surface area contributed by atoms with Crippen molar-refractivity contribution in [3.05, 3.63) is 271 Å². The highest BCUT2D eigenvalue weighted by Gasteiger charge is 2.18. The summed E-state index contributed by atoms with van der Waals surface area (Å²) < 4.78 is 6.27. The molecule has 0 fully saturated rings. The third-order valence-electron chi connectivity index (χ3n) is 13.7. The fourth-order valence-corrected chi connectivity index (χ4v) is 9.92. The van der Waals surface area contributed by atoms with Gasteiger partial charge in [0.1, 0.15) is 5.58 Å². The van der Waals surface area contributed by atoms with E-state index < -0.39 is 0 Å². The maximum absolute atomic E-state index is 6.27. The van der Waals surface area contributed by atoms with Crippen LogP contribution in [0.5, 0.6) is 0 Å². The number of para-hydroxylation sites is 1. The molecule has 4 aromatic heterocycles. The summed E-state index contributed by atoms with van der Waals surface area (Å²) in [6.45, 7) is 0. The number of pyridine rings is 3. The molecular weight excluding hydrogens is 863 g/mol. The van der Waals surface area contributed by atoms with Crippen LogP contribution in [0.15, 0.2) is 253 Å². The molecule has 0 saturated heterocycles. The van der Waals surface area contributed by atoms with Gasteiger partial charge in [-0.15, -0.1) is 0 Å². The van der Waals surface area contributed by atoms with Gasteiger partial charge in [0.25, 0.3) is 0 Å². The van der Waals surface area contributed by atoms with E-state index in [1.165, 1.54) is 50.1 Å². The Morgan fingerprint density at radius 1 is 0.282 bits per heavy atom. The lowest BCUT2D eigenvalue weighted by Crippen LogP contribution is -1.98. The second-order valence-electron chi connectivity index (χ2n) is 18.3. The molecular formula is C67H49N3O. The van der Waals surface area contributed by atoms with Gasteiger partial charge in [0, 0.05) is 39.9 Å². The van der Waals surface area contributed by atoms with Gasteiger partial charge in [-0.3, -0.25) is 9.97 Å². The van der Waals surface area contributed by atoms with E-state index in [0.29, 0.717) is 5.71 Å². The van der Waals surface area contributed by atoms with E-state index in [2.05, 4.69) is 204 Å². The highest BCUT2D eigenvalue weighted by Crippen LogP contribution is 2.42. The molecule has 0 atom stereocenters. The average Bonchev–Trinajstić information content (AvgIpc) is 3.83. The first-order valence-corrected chi connectivity index (χ1v) is 24.5. The van der Waals surface area contributed by atoms with Gasteiger partial charge < -0.3 is 4.42 Å². The molecule has 12 rings (SSSR count). The third kappa shape index (κ3) is 9.32. The highest BCUT2D eigenvalue weighted by molar-refractivity contribution is 6.04. The molecule has 0 spiro atoms. The second-order valence-corrected chi connectivity index (χ2v) is 18.3. The van der Waals surface area contributed by atoms with Crippen LogP contribution in [0.1, 0.15) is 22.3 Å². The number of nitrogens with zero attached hydrogens (tertiary/aromatic N) is 3. The molecule has 4 heterocycles. The van der Waals surface area contributed by atoms with Crippen molar-refractivity contribution in [1.82, 2.24) is 15.0 Å². The fourth-order valence-electron chi connectivity index (χ4n) is 9.92. The van der Waals surface area contributed by atoms with E-state index in [9.17, 15) is 0 Å². The molecule has 0 saturated carbocycles. The van der Waals surface area contributed by atoms with Crippen molar-refractivity contribution in [2.24, 2.45) is 0 Å². The molecule has 0 aliphatic heterocycles. The molecule has 4 heteroatoms. The molecule has 0 aliphatic carbocycles.